The van der Waals surface area contributed by atoms with E-state index in [0.29, 0.717) is 12.2 Å². The van der Waals surface area contributed by atoms with Gasteiger partial charge in [0.15, 0.2) is 0 Å². The predicted octanol–water partition coefficient (Wildman–Crippen LogP) is 2.75. The topological polar surface area (TPSA) is 119 Å². The molecule has 1 unspecified atom stereocenters. The van der Waals surface area contributed by atoms with Crippen LogP contribution >= 0.6 is 7.37 Å². The van der Waals surface area contributed by atoms with Crippen molar-refractivity contribution in [2.24, 2.45) is 0 Å². The molecule has 26 heavy (non-hydrogen) atoms. The molecule has 0 bridgehead atoms. The van der Waals surface area contributed by atoms with Crippen LogP contribution in [0.2, 0.25) is 0 Å². The number of nitrogens with one attached hydrogen (secondary N) is 1. The molecule has 1 aromatic rings. The molecule has 0 aliphatic heterocycles. The summed E-state index contributed by atoms with van der Waals surface area (Å²) < 4.78 is 32.5. The van der Waals surface area contributed by atoms with Crippen LogP contribution in [-0.4, -0.2) is 44.3 Å². The van der Waals surface area contributed by atoms with Crippen molar-refractivity contribution < 1.29 is 28.6 Å². The third kappa shape index (κ3) is 7.29. The summed E-state index contributed by atoms with van der Waals surface area (Å²) in [4.78, 5) is 21.4. The summed E-state index contributed by atoms with van der Waals surface area (Å²) in [7, 11) is -2.27. The fourth-order valence-electron chi connectivity index (χ4n) is 2.25. The van der Waals surface area contributed by atoms with Gasteiger partial charge in [0.2, 0.25) is 7.37 Å². The van der Waals surface area contributed by atoms with Gasteiger partial charge in [-0.1, -0.05) is 18.2 Å². The van der Waals surface area contributed by atoms with Crippen LogP contribution in [-0.2, 0) is 27.1 Å². The number of hydrogen-bond acceptors (Lipinski definition) is 5. The molecule has 0 aromatic heterocycles. The first kappa shape index (κ1) is 23.0. The fourth-order valence-corrected chi connectivity index (χ4v) is 5.32. The molecule has 0 saturated carbocycles. The van der Waals surface area contributed by atoms with Crippen LogP contribution < -0.4 is 9.46 Å². The van der Waals surface area contributed by atoms with Gasteiger partial charge in [-0.3, -0.25) is 9.36 Å². The lowest BCUT2D eigenvalue weighted by atomic mass is 10.1. The number of hydrogen-bond donors (Lipinski definition) is 3. The second-order valence-corrected chi connectivity index (χ2v) is 11.6. The maximum atomic E-state index is 12.9. The molecule has 0 spiro atoms. The summed E-state index contributed by atoms with van der Waals surface area (Å²) in [5, 5.41) is 8.91. The molecule has 3 atom stereocenters. The van der Waals surface area contributed by atoms with E-state index in [-0.39, 0.29) is 19.0 Å². The number of para-hydroxylation sites is 1. The first-order valence-electron chi connectivity index (χ1n) is 8.30. The predicted molar refractivity (Wildman–Crippen MR) is 103 cm³/mol. The van der Waals surface area contributed by atoms with Crippen LogP contribution in [0.5, 0.6) is 5.75 Å². The van der Waals surface area contributed by atoms with E-state index in [1.807, 2.05) is 18.2 Å². The van der Waals surface area contributed by atoms with Crippen molar-refractivity contribution in [2.75, 3.05) is 13.3 Å². The van der Waals surface area contributed by atoms with E-state index in [2.05, 4.69) is 4.72 Å². The van der Waals surface area contributed by atoms with Gasteiger partial charge >= 0.3 is 5.97 Å². The summed E-state index contributed by atoms with van der Waals surface area (Å²) in [6.45, 7) is 5.21. The van der Waals surface area contributed by atoms with E-state index in [1.165, 1.54) is 7.11 Å². The third-order valence-electron chi connectivity index (χ3n) is 3.81. The van der Waals surface area contributed by atoms with Gasteiger partial charge in [0.25, 0.3) is 0 Å². The molecule has 1 aromatic carbocycles. The Balaban J connectivity index is 2.90. The molecule has 0 amide bonds. The van der Waals surface area contributed by atoms with Gasteiger partial charge in [-0.2, -0.15) is 0 Å². The number of methoxy groups -OCH3 is 1. The first-order valence-corrected chi connectivity index (χ1v) is 11.4. The first-order chi connectivity index (χ1) is 12.0. The average molecular weight is 405 g/mol. The Morgan fingerprint density at radius 1 is 1.38 bits per heavy atom. The molecule has 0 aliphatic rings. The van der Waals surface area contributed by atoms with E-state index in [0.717, 1.165) is 5.56 Å². The molecular formula is C17H28NO6PS. The second kappa shape index (κ2) is 9.76. The van der Waals surface area contributed by atoms with Crippen molar-refractivity contribution in [3.05, 3.63) is 29.8 Å². The Labute approximate surface area is 157 Å². The number of carboxylic acid groups (broad SMARTS) is 1. The highest BCUT2D eigenvalue weighted by Crippen LogP contribution is 2.48. The van der Waals surface area contributed by atoms with E-state index >= 15 is 0 Å². The van der Waals surface area contributed by atoms with Crippen LogP contribution in [0, 0.1) is 0 Å². The van der Waals surface area contributed by atoms with Gasteiger partial charge in [-0.25, -0.2) is 0 Å². The van der Waals surface area contributed by atoms with Gasteiger partial charge in [-0.15, -0.1) is 4.72 Å². The number of ether oxygens (including phenoxy) is 1. The van der Waals surface area contributed by atoms with Crippen LogP contribution in [0.3, 0.4) is 0 Å². The molecule has 9 heteroatoms. The summed E-state index contributed by atoms with van der Waals surface area (Å²) in [5.41, 5.74) is 0.790. The minimum atomic E-state index is -3.80. The molecular weight excluding hydrogens is 377 g/mol. The molecule has 7 nitrogen and oxygen atoms in total. The van der Waals surface area contributed by atoms with E-state index in [9.17, 15) is 18.8 Å². The van der Waals surface area contributed by atoms with Crippen molar-refractivity contribution in [2.45, 2.75) is 50.6 Å². The Morgan fingerprint density at radius 2 is 2.00 bits per heavy atom. The molecule has 0 aliphatic carbocycles. The van der Waals surface area contributed by atoms with Crippen LogP contribution in [0.25, 0.3) is 0 Å². The molecule has 0 fully saturated rings. The summed E-state index contributed by atoms with van der Waals surface area (Å²) in [6, 6.07) is 7.21. The quantitative estimate of drug-likeness (QED) is 0.404. The van der Waals surface area contributed by atoms with Gasteiger partial charge in [-0.05, 0) is 45.2 Å². The van der Waals surface area contributed by atoms with Gasteiger partial charge < -0.3 is 19.3 Å². The highest BCUT2D eigenvalue weighted by atomic mass is 32.2. The highest BCUT2D eigenvalue weighted by Gasteiger charge is 2.38. The van der Waals surface area contributed by atoms with Crippen molar-refractivity contribution in [1.82, 2.24) is 4.72 Å². The summed E-state index contributed by atoms with van der Waals surface area (Å²) in [6.07, 6.45) is -0.119. The Hall–Kier alpha value is -1.05. The second-order valence-electron chi connectivity index (χ2n) is 6.99. The smallest absolute Gasteiger partial charge is 0.303 e. The highest BCUT2D eigenvalue weighted by molar-refractivity contribution is 7.91. The van der Waals surface area contributed by atoms with Crippen molar-refractivity contribution in [3.63, 3.8) is 0 Å². The number of rotatable bonds is 10. The minimum absolute atomic E-state index is 0.0635. The lowest BCUT2D eigenvalue weighted by Crippen LogP contribution is -2.45. The summed E-state index contributed by atoms with van der Waals surface area (Å²) in [5.74, 6) is -1.49. The molecule has 3 N–H and O–H groups in total. The molecule has 0 heterocycles. The molecule has 1 rings (SSSR count). The van der Waals surface area contributed by atoms with Crippen molar-refractivity contribution >= 4 is 24.7 Å². The van der Waals surface area contributed by atoms with Gasteiger partial charge in [0.1, 0.15) is 16.3 Å². The largest absolute Gasteiger partial charge is 0.598 e. The number of benzene rings is 1. The SMILES string of the molecule is COc1ccccc1CCP(=O)(O)[C@H](CCC(=O)O)N[S@@+]([O-])C(C)(C)C. The monoisotopic (exact) mass is 405 g/mol. The van der Waals surface area contributed by atoms with E-state index < -0.39 is 35.2 Å². The van der Waals surface area contributed by atoms with Gasteiger partial charge in [0, 0.05) is 23.9 Å². The molecule has 0 saturated heterocycles. The van der Waals surface area contributed by atoms with Crippen LogP contribution in [0.15, 0.2) is 24.3 Å². The Morgan fingerprint density at radius 3 is 2.54 bits per heavy atom. The average Bonchev–Trinajstić information content (AvgIpc) is 2.55. The number of aryl methyl sites for hydroxylation is 1. The zero-order valence-electron chi connectivity index (χ0n) is 15.6. The van der Waals surface area contributed by atoms with E-state index in [4.69, 9.17) is 9.84 Å². The molecule has 148 valence electrons. The Kier molecular flexibility index (Phi) is 8.63. The third-order valence-corrected chi connectivity index (χ3v) is 7.82. The maximum Gasteiger partial charge on any atom is 0.303 e. The maximum absolute atomic E-state index is 12.9. The number of aliphatic carboxylic acids is 1. The lowest BCUT2D eigenvalue weighted by molar-refractivity contribution is -0.137. The van der Waals surface area contributed by atoms with Crippen LogP contribution in [0.4, 0.5) is 0 Å². The molecule has 0 radical (unpaired) electrons. The van der Waals surface area contributed by atoms with E-state index in [1.54, 1.807) is 26.8 Å². The van der Waals surface area contributed by atoms with Gasteiger partial charge in [0.05, 0.1) is 7.11 Å². The standard InChI is InChI=1S/C17H28NO6PS/c1-17(2,3)26(23)18-15(9-10-16(19)20)25(21,22)12-11-13-7-5-6-8-14(13)24-4/h5-8,15,18H,9-12H2,1-4H3,(H,19,20)(H,21,22)/t15-,26+/m1/s1. The number of carboxylic acids is 1. The normalized spacial score (nSPS) is 16.5. The van der Waals surface area contributed by atoms with Crippen molar-refractivity contribution in [3.8, 4) is 5.75 Å². The zero-order valence-corrected chi connectivity index (χ0v) is 17.3. The minimum Gasteiger partial charge on any atom is -0.598 e. The Bertz CT molecular complexity index is 648. The number of carbonyl (C=O) groups is 1. The fraction of sp³-hybridized carbons (Fsp3) is 0.588. The van der Waals surface area contributed by atoms with Crippen molar-refractivity contribution in [1.29, 1.82) is 0 Å². The van der Waals surface area contributed by atoms with Crippen LogP contribution in [0.1, 0.15) is 39.2 Å². The summed E-state index contributed by atoms with van der Waals surface area (Å²) >= 11 is -1.58. The zero-order chi connectivity index (χ0) is 20.0. The lowest BCUT2D eigenvalue weighted by Gasteiger charge is -2.30.